The molecule has 26 heavy (non-hydrogen) atoms. The second-order valence-electron chi connectivity index (χ2n) is 5.76. The van der Waals surface area contributed by atoms with E-state index in [-0.39, 0.29) is 17.1 Å². The highest BCUT2D eigenvalue weighted by molar-refractivity contribution is 8.00. The monoisotopic (exact) mass is 377 g/mol. The lowest BCUT2D eigenvalue weighted by Gasteiger charge is -2.27. The number of rotatable bonds is 6. The van der Waals surface area contributed by atoms with E-state index in [1.54, 1.807) is 50.5 Å². The van der Waals surface area contributed by atoms with E-state index in [0.29, 0.717) is 29.5 Å². The number of carbonyl (C=O) groups is 1. The third kappa shape index (κ3) is 3.58. The zero-order valence-electron chi connectivity index (χ0n) is 14.8. The van der Waals surface area contributed by atoms with Crippen LogP contribution in [0.5, 0.6) is 17.2 Å². The molecule has 1 heterocycles. The van der Waals surface area contributed by atoms with Gasteiger partial charge in [-0.25, -0.2) is 4.39 Å². The fourth-order valence-corrected chi connectivity index (χ4v) is 4.21. The van der Waals surface area contributed by atoms with Crippen molar-refractivity contribution in [2.75, 3.05) is 27.1 Å². The normalized spacial score (nSPS) is 16.7. The zero-order chi connectivity index (χ0) is 18.7. The smallest absolute Gasteiger partial charge is 0.234 e. The minimum absolute atomic E-state index is 0.0100. The molecule has 1 amide bonds. The molecule has 2 aromatic rings. The van der Waals surface area contributed by atoms with Crippen LogP contribution in [0.1, 0.15) is 16.5 Å². The Labute approximate surface area is 156 Å². The molecule has 0 aliphatic carbocycles. The molecule has 7 heteroatoms. The Morgan fingerprint density at radius 1 is 1.12 bits per heavy atom. The molecule has 0 saturated carbocycles. The summed E-state index contributed by atoms with van der Waals surface area (Å²) in [5.74, 6) is 1.78. The van der Waals surface area contributed by atoms with Crippen LogP contribution in [0.15, 0.2) is 36.4 Å². The molecule has 5 nitrogen and oxygen atoms in total. The first kappa shape index (κ1) is 18.4. The Bertz CT molecular complexity index is 789. The van der Waals surface area contributed by atoms with E-state index in [4.69, 9.17) is 14.2 Å². The predicted octanol–water partition coefficient (Wildman–Crippen LogP) is 3.63. The van der Waals surface area contributed by atoms with E-state index in [0.717, 1.165) is 11.1 Å². The molecule has 1 aliphatic heterocycles. The number of hydrogen-bond donors (Lipinski definition) is 0. The average Bonchev–Trinajstić information content (AvgIpc) is 3.00. The maximum Gasteiger partial charge on any atom is 0.234 e. The molecule has 0 spiro atoms. The summed E-state index contributed by atoms with van der Waals surface area (Å²) >= 11 is 1.49. The molecule has 3 rings (SSSR count). The first-order chi connectivity index (χ1) is 12.6. The van der Waals surface area contributed by atoms with Crippen molar-refractivity contribution in [3.63, 3.8) is 0 Å². The van der Waals surface area contributed by atoms with Gasteiger partial charge in [-0.2, -0.15) is 0 Å². The number of methoxy groups -OCH3 is 3. The lowest BCUT2D eigenvalue weighted by molar-refractivity contribution is -0.128. The maximum absolute atomic E-state index is 13.5. The molecule has 1 atom stereocenters. The van der Waals surface area contributed by atoms with Crippen LogP contribution in [-0.4, -0.2) is 37.9 Å². The van der Waals surface area contributed by atoms with Crippen molar-refractivity contribution in [2.45, 2.75) is 11.9 Å². The SMILES string of the molecule is COc1cc(OC)c(C2SCC(=O)N2Cc2cccc(F)c2)c(OC)c1. The van der Waals surface area contributed by atoms with Gasteiger partial charge in [0.25, 0.3) is 0 Å². The molecule has 0 radical (unpaired) electrons. The van der Waals surface area contributed by atoms with Crippen LogP contribution in [0, 0.1) is 5.82 Å². The van der Waals surface area contributed by atoms with Gasteiger partial charge in [-0.3, -0.25) is 4.79 Å². The predicted molar refractivity (Wildman–Crippen MR) is 98.2 cm³/mol. The quantitative estimate of drug-likeness (QED) is 0.769. The van der Waals surface area contributed by atoms with E-state index >= 15 is 0 Å². The number of carbonyl (C=O) groups excluding carboxylic acids is 1. The Hall–Kier alpha value is -2.41. The fourth-order valence-electron chi connectivity index (χ4n) is 2.97. The molecule has 1 fully saturated rings. The van der Waals surface area contributed by atoms with Gasteiger partial charge < -0.3 is 19.1 Å². The van der Waals surface area contributed by atoms with Crippen molar-refractivity contribution in [1.82, 2.24) is 4.90 Å². The van der Waals surface area contributed by atoms with Gasteiger partial charge in [-0.05, 0) is 17.7 Å². The Kier molecular flexibility index (Phi) is 5.56. The standard InChI is InChI=1S/C19H20FNO4S/c1-23-14-8-15(24-2)18(16(9-14)25-3)19-21(17(22)11-26-19)10-12-5-4-6-13(20)7-12/h4-9,19H,10-11H2,1-3H3. The Balaban J connectivity index is 2.00. The van der Waals surface area contributed by atoms with Crippen LogP contribution >= 0.6 is 11.8 Å². The van der Waals surface area contributed by atoms with Crippen LogP contribution in [0.3, 0.4) is 0 Å². The second kappa shape index (κ2) is 7.86. The lowest BCUT2D eigenvalue weighted by atomic mass is 10.1. The largest absolute Gasteiger partial charge is 0.496 e. The van der Waals surface area contributed by atoms with Crippen LogP contribution < -0.4 is 14.2 Å². The van der Waals surface area contributed by atoms with Gasteiger partial charge in [0.1, 0.15) is 28.4 Å². The molecule has 1 saturated heterocycles. The van der Waals surface area contributed by atoms with E-state index < -0.39 is 0 Å². The van der Waals surface area contributed by atoms with Gasteiger partial charge in [0, 0.05) is 18.7 Å². The minimum atomic E-state index is -0.321. The summed E-state index contributed by atoms with van der Waals surface area (Å²) in [4.78, 5) is 14.2. The zero-order valence-corrected chi connectivity index (χ0v) is 15.6. The van der Waals surface area contributed by atoms with Gasteiger partial charge in [-0.15, -0.1) is 11.8 Å². The summed E-state index contributed by atoms with van der Waals surface area (Å²) in [6, 6.07) is 9.80. The maximum atomic E-state index is 13.5. The van der Waals surface area contributed by atoms with Crippen molar-refractivity contribution in [3.05, 3.63) is 53.3 Å². The highest BCUT2D eigenvalue weighted by Crippen LogP contribution is 2.48. The molecule has 2 aromatic carbocycles. The fraction of sp³-hybridized carbons (Fsp3) is 0.316. The molecule has 1 unspecified atom stereocenters. The first-order valence-corrected chi connectivity index (χ1v) is 9.07. The number of amides is 1. The summed E-state index contributed by atoms with van der Waals surface area (Å²) in [6.07, 6.45) is 0. The second-order valence-corrected chi connectivity index (χ2v) is 6.83. The third-order valence-electron chi connectivity index (χ3n) is 4.21. The number of ether oxygens (including phenoxy) is 3. The number of nitrogens with zero attached hydrogens (tertiary/aromatic N) is 1. The number of benzene rings is 2. The molecule has 138 valence electrons. The van der Waals surface area contributed by atoms with Gasteiger partial charge in [0.15, 0.2) is 0 Å². The highest BCUT2D eigenvalue weighted by Gasteiger charge is 2.37. The number of halogens is 1. The van der Waals surface area contributed by atoms with E-state index in [2.05, 4.69) is 0 Å². The van der Waals surface area contributed by atoms with Gasteiger partial charge in [0.05, 0.1) is 32.6 Å². The first-order valence-electron chi connectivity index (χ1n) is 8.02. The Morgan fingerprint density at radius 3 is 2.38 bits per heavy atom. The van der Waals surface area contributed by atoms with Crippen molar-refractivity contribution in [3.8, 4) is 17.2 Å². The van der Waals surface area contributed by atoms with Crippen molar-refractivity contribution in [1.29, 1.82) is 0 Å². The van der Waals surface area contributed by atoms with Gasteiger partial charge in [0.2, 0.25) is 5.91 Å². The van der Waals surface area contributed by atoms with Crippen LogP contribution in [0.4, 0.5) is 4.39 Å². The van der Waals surface area contributed by atoms with Gasteiger partial charge in [-0.1, -0.05) is 12.1 Å². The summed E-state index contributed by atoms with van der Waals surface area (Å²) in [5.41, 5.74) is 1.50. The highest BCUT2D eigenvalue weighted by atomic mass is 32.2. The van der Waals surface area contributed by atoms with Crippen LogP contribution in [0.2, 0.25) is 0 Å². The number of thioether (sulfide) groups is 1. The average molecular weight is 377 g/mol. The summed E-state index contributed by atoms with van der Waals surface area (Å²) in [7, 11) is 4.70. The van der Waals surface area contributed by atoms with Gasteiger partial charge >= 0.3 is 0 Å². The van der Waals surface area contributed by atoms with Crippen molar-refractivity contribution >= 4 is 17.7 Å². The van der Waals surface area contributed by atoms with E-state index in [9.17, 15) is 9.18 Å². The number of hydrogen-bond acceptors (Lipinski definition) is 5. The van der Waals surface area contributed by atoms with Crippen molar-refractivity contribution < 1.29 is 23.4 Å². The summed E-state index contributed by atoms with van der Waals surface area (Å²) in [6.45, 7) is 0.312. The Morgan fingerprint density at radius 2 is 1.81 bits per heavy atom. The molecule has 0 bridgehead atoms. The minimum Gasteiger partial charge on any atom is -0.496 e. The summed E-state index contributed by atoms with van der Waals surface area (Å²) < 4.78 is 29.8. The molecule has 1 aliphatic rings. The van der Waals surface area contributed by atoms with Crippen molar-refractivity contribution in [2.24, 2.45) is 0 Å². The van der Waals surface area contributed by atoms with E-state index in [1.165, 1.54) is 23.9 Å². The molecule has 0 N–H and O–H groups in total. The topological polar surface area (TPSA) is 48.0 Å². The molecular formula is C19H20FNO4S. The van der Waals surface area contributed by atoms with Crippen LogP contribution in [0.25, 0.3) is 0 Å². The molecular weight excluding hydrogens is 357 g/mol. The lowest BCUT2D eigenvalue weighted by Crippen LogP contribution is -2.28. The summed E-state index contributed by atoms with van der Waals surface area (Å²) in [5, 5.41) is -0.290. The van der Waals surface area contributed by atoms with Crippen LogP contribution in [-0.2, 0) is 11.3 Å². The third-order valence-corrected chi connectivity index (χ3v) is 5.43. The van der Waals surface area contributed by atoms with E-state index in [1.807, 2.05) is 0 Å². The molecule has 0 aromatic heterocycles.